The van der Waals surface area contributed by atoms with Crippen LogP contribution in [0.1, 0.15) is 49.4 Å². The van der Waals surface area contributed by atoms with Crippen molar-refractivity contribution in [2.24, 2.45) is 0 Å². The molecule has 0 spiro atoms. The first-order chi connectivity index (χ1) is 17.2. The molecule has 0 aromatic heterocycles. The number of carbonyl (C=O) groups excluding carboxylic acids is 1. The highest BCUT2D eigenvalue weighted by Gasteiger charge is 2.33. The minimum Gasteiger partial charge on any atom is -0.507 e. The van der Waals surface area contributed by atoms with Crippen molar-refractivity contribution in [1.82, 2.24) is 0 Å². The number of aromatic hydroxyl groups is 2. The molecule has 4 rings (SSSR count). The Morgan fingerprint density at radius 3 is 1.94 bits per heavy atom. The number of hydrogen-bond donors (Lipinski definition) is 4. The van der Waals surface area contributed by atoms with Gasteiger partial charge in [0.15, 0.2) is 0 Å². The van der Waals surface area contributed by atoms with Gasteiger partial charge in [-0.2, -0.15) is 0 Å². The smallest absolute Gasteiger partial charge is 0.339 e. The van der Waals surface area contributed by atoms with Gasteiger partial charge in [-0.15, -0.1) is 0 Å². The maximum absolute atomic E-state index is 12.4. The van der Waals surface area contributed by atoms with Gasteiger partial charge in [0, 0.05) is 0 Å². The Kier molecular flexibility index (Phi) is 6.56. The van der Waals surface area contributed by atoms with Crippen LogP contribution in [0.4, 0.5) is 0 Å². The Morgan fingerprint density at radius 1 is 0.778 bits per heavy atom. The fourth-order valence-electron chi connectivity index (χ4n) is 4.19. The molecule has 1 aliphatic carbocycles. The van der Waals surface area contributed by atoms with Gasteiger partial charge in [0.1, 0.15) is 28.9 Å². The highest BCUT2D eigenvalue weighted by atomic mass is 16.4. The molecular weight excluding hydrogens is 460 g/mol. The number of aromatic carboxylic acids is 2. The van der Waals surface area contributed by atoms with Crippen molar-refractivity contribution in [3.05, 3.63) is 112 Å². The van der Waals surface area contributed by atoms with Gasteiger partial charge in [0.25, 0.3) is 0 Å². The lowest BCUT2D eigenvalue weighted by atomic mass is 9.71. The number of phenols is 2. The molecular formula is C29H22O7. The third-order valence-corrected chi connectivity index (χ3v) is 6.14. The topological polar surface area (TPSA) is 132 Å². The average Bonchev–Trinajstić information content (AvgIpc) is 2.87. The fraction of sp³-hybridized carbons (Fsp3) is 0.0690. The van der Waals surface area contributed by atoms with E-state index in [9.17, 15) is 34.8 Å². The fourth-order valence-corrected chi connectivity index (χ4v) is 4.19. The number of rotatable bonds is 7. The first kappa shape index (κ1) is 24.2. The van der Waals surface area contributed by atoms with Crippen LogP contribution in [0, 0.1) is 0 Å². The molecule has 0 amide bonds. The van der Waals surface area contributed by atoms with Gasteiger partial charge in [0.05, 0.1) is 5.41 Å². The molecule has 0 bridgehead atoms. The maximum Gasteiger partial charge on any atom is 0.339 e. The number of benzene rings is 3. The van der Waals surface area contributed by atoms with E-state index in [0.29, 0.717) is 17.5 Å². The predicted octanol–water partition coefficient (Wildman–Crippen LogP) is 5.14. The third-order valence-electron chi connectivity index (χ3n) is 6.14. The number of hydrogen-bond acceptors (Lipinski definition) is 5. The van der Waals surface area contributed by atoms with Gasteiger partial charge >= 0.3 is 11.9 Å². The van der Waals surface area contributed by atoms with Crippen molar-refractivity contribution in [3.8, 4) is 11.5 Å². The summed E-state index contributed by atoms with van der Waals surface area (Å²) in [4.78, 5) is 35.0. The normalized spacial score (nSPS) is 17.1. The van der Waals surface area contributed by atoms with Gasteiger partial charge in [-0.05, 0) is 58.5 Å². The summed E-state index contributed by atoms with van der Waals surface area (Å²) in [5.41, 5.74) is 2.16. The number of carboxylic acids is 2. The zero-order chi connectivity index (χ0) is 25.9. The summed E-state index contributed by atoms with van der Waals surface area (Å²) in [6, 6.07) is 16.0. The largest absolute Gasteiger partial charge is 0.507 e. The monoisotopic (exact) mass is 482 g/mol. The third kappa shape index (κ3) is 4.67. The van der Waals surface area contributed by atoms with Crippen molar-refractivity contribution >= 4 is 35.9 Å². The van der Waals surface area contributed by atoms with Crippen LogP contribution in [0.2, 0.25) is 0 Å². The molecule has 0 radical (unpaired) electrons. The number of aldehydes is 1. The molecule has 0 saturated carbocycles. The summed E-state index contributed by atoms with van der Waals surface area (Å²) in [6.07, 6.45) is 10.1. The summed E-state index contributed by atoms with van der Waals surface area (Å²) in [7, 11) is 0. The van der Waals surface area contributed by atoms with E-state index in [0.717, 1.165) is 23.0 Å². The molecule has 0 fully saturated rings. The van der Waals surface area contributed by atoms with Gasteiger partial charge in [-0.1, -0.05) is 66.8 Å². The summed E-state index contributed by atoms with van der Waals surface area (Å²) < 4.78 is 0. The van der Waals surface area contributed by atoms with Crippen LogP contribution in [-0.2, 0) is 10.2 Å². The van der Waals surface area contributed by atoms with Gasteiger partial charge in [-0.25, -0.2) is 9.59 Å². The van der Waals surface area contributed by atoms with Crippen LogP contribution in [0.15, 0.2) is 78.9 Å². The number of carboxylic acid groups (broad SMARTS) is 2. The van der Waals surface area contributed by atoms with Crippen LogP contribution in [-0.4, -0.2) is 38.7 Å². The first-order valence-electron chi connectivity index (χ1n) is 11.0. The van der Waals surface area contributed by atoms with Gasteiger partial charge in [-0.3, -0.25) is 0 Å². The van der Waals surface area contributed by atoms with Crippen molar-refractivity contribution in [2.45, 2.75) is 11.8 Å². The molecule has 3 aromatic carbocycles. The van der Waals surface area contributed by atoms with Crippen LogP contribution >= 0.6 is 0 Å². The molecule has 3 aromatic rings. The standard InChI is InChI=1S/C29H22O7/c30-17-29(13-11-19-7-10-26(32)23(16-19)28(35)36)14-12-20(21-3-1-2-4-24(21)29)8-5-18-6-9-25(31)22(15-18)27(33)34/h1-13,15-17,31-32H,14H2,(H,33,34)(H,35,36). The molecule has 180 valence electrons. The quantitative estimate of drug-likeness (QED) is 0.343. The molecule has 7 nitrogen and oxygen atoms in total. The summed E-state index contributed by atoms with van der Waals surface area (Å²) in [5.74, 6) is -3.12. The molecule has 4 N–H and O–H groups in total. The van der Waals surface area contributed by atoms with Crippen LogP contribution in [0.3, 0.4) is 0 Å². The second-order valence-corrected chi connectivity index (χ2v) is 8.40. The minimum absolute atomic E-state index is 0.194. The number of fused-ring (bicyclic) bond motifs is 1. The zero-order valence-electron chi connectivity index (χ0n) is 19.0. The van der Waals surface area contributed by atoms with Crippen LogP contribution < -0.4 is 0 Å². The summed E-state index contributed by atoms with van der Waals surface area (Å²) >= 11 is 0. The Bertz CT molecular complexity index is 1460. The average molecular weight is 482 g/mol. The molecule has 36 heavy (non-hydrogen) atoms. The van der Waals surface area contributed by atoms with Crippen molar-refractivity contribution in [2.75, 3.05) is 0 Å². The summed E-state index contributed by atoms with van der Waals surface area (Å²) in [6.45, 7) is 0. The second-order valence-electron chi connectivity index (χ2n) is 8.40. The molecule has 0 saturated heterocycles. The SMILES string of the molecule is O=CC1(C=Cc2ccc(O)c(C(=O)O)c2)CC=C(C=Cc2ccc(O)c(C(=O)O)c2)c2ccccc21. The van der Waals surface area contributed by atoms with E-state index < -0.39 is 17.4 Å². The molecule has 1 unspecified atom stereocenters. The van der Waals surface area contributed by atoms with Crippen molar-refractivity contribution in [3.63, 3.8) is 0 Å². The van der Waals surface area contributed by atoms with E-state index in [1.807, 2.05) is 36.4 Å². The lowest BCUT2D eigenvalue weighted by Crippen LogP contribution is -2.28. The maximum atomic E-state index is 12.4. The summed E-state index contributed by atoms with van der Waals surface area (Å²) in [5, 5.41) is 38.0. The van der Waals surface area contributed by atoms with E-state index in [1.54, 1.807) is 30.4 Å². The number of allylic oxidation sites excluding steroid dienone is 4. The Balaban J connectivity index is 1.69. The minimum atomic E-state index is -1.25. The molecule has 1 atom stereocenters. The molecule has 0 aliphatic heterocycles. The van der Waals surface area contributed by atoms with Gasteiger partial charge in [0.2, 0.25) is 0 Å². The van der Waals surface area contributed by atoms with E-state index >= 15 is 0 Å². The number of carbonyl (C=O) groups is 3. The highest BCUT2D eigenvalue weighted by Crippen LogP contribution is 2.40. The zero-order valence-corrected chi connectivity index (χ0v) is 19.0. The molecule has 0 heterocycles. The van der Waals surface area contributed by atoms with Crippen LogP contribution in [0.5, 0.6) is 11.5 Å². The van der Waals surface area contributed by atoms with Crippen molar-refractivity contribution < 1.29 is 34.8 Å². The van der Waals surface area contributed by atoms with E-state index in [-0.39, 0.29) is 22.6 Å². The lowest BCUT2D eigenvalue weighted by molar-refractivity contribution is -0.111. The van der Waals surface area contributed by atoms with Crippen molar-refractivity contribution in [1.29, 1.82) is 0 Å². The Hall–Kier alpha value is -4.91. The van der Waals surface area contributed by atoms with Crippen LogP contribution in [0.25, 0.3) is 17.7 Å². The lowest BCUT2D eigenvalue weighted by Gasteiger charge is -2.31. The highest BCUT2D eigenvalue weighted by molar-refractivity contribution is 5.93. The Morgan fingerprint density at radius 2 is 1.36 bits per heavy atom. The van der Waals surface area contributed by atoms with E-state index in [2.05, 4.69) is 0 Å². The van der Waals surface area contributed by atoms with E-state index in [1.165, 1.54) is 24.3 Å². The van der Waals surface area contributed by atoms with E-state index in [4.69, 9.17) is 0 Å². The first-order valence-corrected chi connectivity index (χ1v) is 11.0. The Labute approximate surface area is 206 Å². The molecule has 1 aliphatic rings. The predicted molar refractivity (Wildman–Crippen MR) is 135 cm³/mol. The second kappa shape index (κ2) is 9.76. The van der Waals surface area contributed by atoms with Gasteiger partial charge < -0.3 is 25.2 Å². The molecule has 7 heteroatoms.